The molecule has 12 heteroatoms. The fraction of sp³-hybridized carbons (Fsp3) is 0.542. The van der Waals surface area contributed by atoms with Gasteiger partial charge >= 0.3 is 6.16 Å². The minimum atomic E-state index is -0.728. The van der Waals surface area contributed by atoms with Crippen LogP contribution in [0, 0.1) is 18.6 Å². The molecule has 2 fully saturated rings. The van der Waals surface area contributed by atoms with Crippen LogP contribution in [0.4, 0.5) is 30.8 Å². The lowest BCUT2D eigenvalue weighted by molar-refractivity contribution is -0.151. The van der Waals surface area contributed by atoms with Crippen molar-refractivity contribution in [2.45, 2.75) is 45.8 Å². The number of benzene rings is 1. The molecule has 1 N–H and O–H groups in total. The summed E-state index contributed by atoms with van der Waals surface area (Å²) in [5.41, 5.74) is 0.738. The third-order valence-corrected chi connectivity index (χ3v) is 5.89. The summed E-state index contributed by atoms with van der Waals surface area (Å²) in [5.74, 6) is -0.469. The van der Waals surface area contributed by atoms with Crippen molar-refractivity contribution < 1.29 is 32.6 Å². The predicted molar refractivity (Wildman–Crippen MR) is 127 cm³/mol. The molecule has 2 aromatic rings. The van der Waals surface area contributed by atoms with Gasteiger partial charge < -0.3 is 29.3 Å². The van der Waals surface area contributed by atoms with Crippen LogP contribution in [0.1, 0.15) is 32.3 Å². The molecule has 1 aromatic carbocycles. The first-order chi connectivity index (χ1) is 17.3. The number of carbonyl (C=O) groups excluding carboxylic acids is 1. The molecule has 36 heavy (non-hydrogen) atoms. The van der Waals surface area contributed by atoms with Gasteiger partial charge in [-0.3, -0.25) is 0 Å². The van der Waals surface area contributed by atoms with Crippen LogP contribution in [-0.4, -0.2) is 72.8 Å². The van der Waals surface area contributed by atoms with Crippen LogP contribution in [0.2, 0.25) is 0 Å². The Kier molecular flexibility index (Phi) is 8.36. The average molecular weight is 508 g/mol. The monoisotopic (exact) mass is 507 g/mol. The summed E-state index contributed by atoms with van der Waals surface area (Å²) in [7, 11) is 0. The van der Waals surface area contributed by atoms with Crippen molar-refractivity contribution in [2.75, 3.05) is 49.6 Å². The molecule has 3 heterocycles. The highest BCUT2D eigenvalue weighted by Crippen LogP contribution is 2.31. The normalized spacial score (nSPS) is 17.2. The van der Waals surface area contributed by atoms with Crippen LogP contribution in [0.15, 0.2) is 18.5 Å². The van der Waals surface area contributed by atoms with Crippen LogP contribution >= 0.6 is 0 Å². The quantitative estimate of drug-likeness (QED) is 0.555. The van der Waals surface area contributed by atoms with Crippen LogP contribution in [-0.2, 0) is 14.3 Å². The van der Waals surface area contributed by atoms with Crippen molar-refractivity contribution in [1.82, 2.24) is 15.0 Å². The smallest absolute Gasteiger partial charge is 0.474 e. The van der Waals surface area contributed by atoms with E-state index in [1.807, 2.05) is 0 Å². The molecule has 0 unspecified atom stereocenters. The minimum absolute atomic E-state index is 0.0315. The Labute approximate surface area is 208 Å². The van der Waals surface area contributed by atoms with Crippen LogP contribution in [0.25, 0.3) is 0 Å². The zero-order valence-corrected chi connectivity index (χ0v) is 20.6. The zero-order chi connectivity index (χ0) is 25.7. The van der Waals surface area contributed by atoms with Crippen LogP contribution in [0.5, 0.6) is 5.88 Å². The number of halogens is 2. The van der Waals surface area contributed by atoms with Crippen molar-refractivity contribution in [3.8, 4) is 5.88 Å². The largest absolute Gasteiger partial charge is 0.528 e. The van der Waals surface area contributed by atoms with Gasteiger partial charge in [-0.1, -0.05) is 0 Å². The van der Waals surface area contributed by atoms with Crippen molar-refractivity contribution in [3.63, 3.8) is 0 Å². The fourth-order valence-corrected chi connectivity index (χ4v) is 4.00. The van der Waals surface area contributed by atoms with Gasteiger partial charge in [0.25, 0.3) is 0 Å². The van der Waals surface area contributed by atoms with E-state index in [1.54, 1.807) is 30.7 Å². The Balaban J connectivity index is 1.37. The molecule has 0 saturated carbocycles. The molecule has 0 atom stereocenters. The van der Waals surface area contributed by atoms with E-state index in [-0.39, 0.29) is 23.6 Å². The molecular weight excluding hydrogens is 476 g/mol. The predicted octanol–water partition coefficient (Wildman–Crippen LogP) is 3.96. The number of hydrogen-bond acceptors (Lipinski definition) is 10. The van der Waals surface area contributed by atoms with Crippen LogP contribution < -0.4 is 15.0 Å². The number of nitrogens with zero attached hydrogens (tertiary/aromatic N) is 4. The number of nitrogens with one attached hydrogen (secondary N) is 1. The van der Waals surface area contributed by atoms with Gasteiger partial charge in [0.1, 0.15) is 29.9 Å². The lowest BCUT2D eigenvalue weighted by Gasteiger charge is -2.30. The summed E-state index contributed by atoms with van der Waals surface area (Å²) < 4.78 is 46.0. The molecule has 2 aliphatic rings. The van der Waals surface area contributed by atoms with Gasteiger partial charge in [0, 0.05) is 51.2 Å². The summed E-state index contributed by atoms with van der Waals surface area (Å²) >= 11 is 0. The Morgan fingerprint density at radius 3 is 2.53 bits per heavy atom. The van der Waals surface area contributed by atoms with E-state index in [0.29, 0.717) is 69.5 Å². The first-order valence-corrected chi connectivity index (χ1v) is 12.0. The third kappa shape index (κ3) is 6.49. The second-order valence-electron chi connectivity index (χ2n) is 8.91. The standard InChI is InChI=1S/C24H31F2N5O5/c1-15(2)34-24(32)36-31-6-4-17(5-7-31)35-23-16(3)22(27-14-28-23)29-20-12-19(26)21(13-18(20)25)30-8-10-33-11-9-30/h12-15,17H,4-11H2,1-3H3,(H,27,28,29). The van der Waals surface area contributed by atoms with Gasteiger partial charge in [0.15, 0.2) is 0 Å². The lowest BCUT2D eigenvalue weighted by atomic mass is 10.1. The SMILES string of the molecule is Cc1c(Nc2cc(F)c(N3CCOCC3)cc2F)ncnc1OC1CCN(OC(=O)OC(C)C)CC1. The van der Waals surface area contributed by atoms with E-state index in [2.05, 4.69) is 15.3 Å². The molecule has 1 aromatic heterocycles. The van der Waals surface area contributed by atoms with E-state index in [0.717, 1.165) is 6.07 Å². The number of hydroxylamine groups is 2. The number of ether oxygens (including phenoxy) is 3. The van der Waals surface area contributed by atoms with E-state index in [1.165, 1.54) is 12.4 Å². The Bertz CT molecular complexity index is 1060. The van der Waals surface area contributed by atoms with Crippen molar-refractivity contribution in [1.29, 1.82) is 0 Å². The number of morpholine rings is 1. The number of carbonyl (C=O) groups is 1. The number of aromatic nitrogens is 2. The molecule has 4 rings (SSSR count). The van der Waals surface area contributed by atoms with E-state index in [4.69, 9.17) is 19.0 Å². The van der Waals surface area contributed by atoms with Gasteiger partial charge in [-0.15, -0.1) is 5.06 Å². The number of rotatable bonds is 7. The molecule has 196 valence electrons. The molecule has 10 nitrogen and oxygen atoms in total. The second kappa shape index (κ2) is 11.7. The van der Waals surface area contributed by atoms with Crippen LogP contribution in [0.3, 0.4) is 0 Å². The summed E-state index contributed by atoms with van der Waals surface area (Å²) in [4.78, 5) is 27.0. The molecule has 0 amide bonds. The molecule has 2 saturated heterocycles. The average Bonchev–Trinajstić information content (AvgIpc) is 2.85. The number of piperidine rings is 1. The maximum atomic E-state index is 14.9. The minimum Gasteiger partial charge on any atom is -0.474 e. The number of hydrogen-bond donors (Lipinski definition) is 1. The molecule has 0 aliphatic carbocycles. The van der Waals surface area contributed by atoms with Gasteiger partial charge in [0.05, 0.1) is 36.3 Å². The number of anilines is 3. The van der Waals surface area contributed by atoms with E-state index < -0.39 is 17.8 Å². The van der Waals surface area contributed by atoms with Crippen molar-refractivity contribution in [3.05, 3.63) is 35.7 Å². The fourth-order valence-electron chi connectivity index (χ4n) is 4.00. The molecule has 0 bridgehead atoms. The van der Waals surface area contributed by atoms with Gasteiger partial charge in [-0.05, 0) is 20.8 Å². The van der Waals surface area contributed by atoms with Gasteiger partial charge in [0.2, 0.25) is 5.88 Å². The Hall–Kier alpha value is -3.25. The molecule has 0 spiro atoms. The van der Waals surface area contributed by atoms with E-state index in [9.17, 15) is 13.6 Å². The highest BCUT2D eigenvalue weighted by Gasteiger charge is 2.26. The van der Waals surface area contributed by atoms with E-state index >= 15 is 0 Å². The van der Waals surface area contributed by atoms with Crippen molar-refractivity contribution >= 4 is 23.3 Å². The Morgan fingerprint density at radius 1 is 1.11 bits per heavy atom. The van der Waals surface area contributed by atoms with Gasteiger partial charge in [-0.2, -0.15) is 0 Å². The van der Waals surface area contributed by atoms with Crippen molar-refractivity contribution in [2.24, 2.45) is 0 Å². The highest BCUT2D eigenvalue weighted by molar-refractivity contribution is 5.65. The maximum absolute atomic E-state index is 14.9. The Morgan fingerprint density at radius 2 is 1.83 bits per heavy atom. The zero-order valence-electron chi connectivity index (χ0n) is 20.6. The molecule has 2 aliphatic heterocycles. The first-order valence-electron chi connectivity index (χ1n) is 12.0. The summed E-state index contributed by atoms with van der Waals surface area (Å²) in [6.45, 7) is 8.15. The highest BCUT2D eigenvalue weighted by atomic mass is 19.1. The van der Waals surface area contributed by atoms with Gasteiger partial charge in [-0.25, -0.2) is 23.5 Å². The maximum Gasteiger partial charge on any atom is 0.528 e. The second-order valence-corrected chi connectivity index (χ2v) is 8.91. The summed E-state index contributed by atoms with van der Waals surface area (Å²) in [5, 5.41) is 4.41. The third-order valence-electron chi connectivity index (χ3n) is 5.89. The topological polar surface area (TPSA) is 98.3 Å². The first kappa shape index (κ1) is 25.8. The molecule has 0 radical (unpaired) electrons. The lowest BCUT2D eigenvalue weighted by Crippen LogP contribution is -2.40. The summed E-state index contributed by atoms with van der Waals surface area (Å²) in [6, 6.07) is 2.31. The summed E-state index contributed by atoms with van der Waals surface area (Å²) in [6.07, 6.45) is 1.37. The molecular formula is C24H31F2N5O5.